The highest BCUT2D eigenvalue weighted by Crippen LogP contribution is 2.48. The van der Waals surface area contributed by atoms with E-state index in [0.717, 1.165) is 28.1 Å². The van der Waals surface area contributed by atoms with Gasteiger partial charge in [-0.3, -0.25) is 0 Å². The molecule has 0 atom stereocenters. The lowest BCUT2D eigenvalue weighted by Crippen LogP contribution is -1.91. The molecule has 0 aliphatic rings. The predicted octanol–water partition coefficient (Wildman–Crippen LogP) is 4.16. The molecule has 1 nitrogen and oxygen atoms in total. The van der Waals surface area contributed by atoms with Crippen molar-refractivity contribution in [3.63, 3.8) is 0 Å². The molecule has 0 fully saturated rings. The molecule has 0 saturated heterocycles. The summed E-state index contributed by atoms with van der Waals surface area (Å²) in [5.74, 6) is 0.814. The van der Waals surface area contributed by atoms with Crippen molar-refractivity contribution in [2.45, 2.75) is 0 Å². The van der Waals surface area contributed by atoms with Gasteiger partial charge in [0.2, 0.25) is 10.5 Å². The quantitative estimate of drug-likeness (QED) is 0.308. The molecule has 1 aromatic rings. The van der Waals surface area contributed by atoms with E-state index in [4.69, 9.17) is 4.43 Å². The standard InChI is InChI=1S/C6H3Br5OSi/c7-1-2(8)4(10)6(12-13)5(11)3(1)9/h13H3. The van der Waals surface area contributed by atoms with E-state index in [-0.39, 0.29) is 0 Å². The van der Waals surface area contributed by atoms with Crippen LogP contribution in [0.3, 0.4) is 0 Å². The lowest BCUT2D eigenvalue weighted by molar-refractivity contribution is 0.606. The number of hydrogen-bond acceptors (Lipinski definition) is 1. The number of rotatable bonds is 1. The van der Waals surface area contributed by atoms with Crippen molar-refractivity contribution in [2.24, 2.45) is 0 Å². The Kier molecular flexibility index (Phi) is 5.00. The van der Waals surface area contributed by atoms with Crippen molar-refractivity contribution in [2.75, 3.05) is 0 Å². The second-order valence-corrected chi connectivity index (χ2v) is 6.48. The smallest absolute Gasteiger partial charge is 0.204 e. The Morgan fingerprint density at radius 1 is 0.692 bits per heavy atom. The molecule has 0 saturated carbocycles. The molecular formula is C6H3Br5OSi. The lowest BCUT2D eigenvalue weighted by atomic mass is 10.3. The summed E-state index contributed by atoms with van der Waals surface area (Å²) in [6.07, 6.45) is 0. The molecule has 0 amide bonds. The minimum Gasteiger partial charge on any atom is -0.552 e. The lowest BCUT2D eigenvalue weighted by Gasteiger charge is -2.12. The highest BCUT2D eigenvalue weighted by Gasteiger charge is 2.17. The normalized spacial score (nSPS) is 10.5. The maximum absolute atomic E-state index is 5.36. The summed E-state index contributed by atoms with van der Waals surface area (Å²) in [7, 11) is 0.651. The fraction of sp³-hybridized carbons (Fsp3) is 0. The van der Waals surface area contributed by atoms with E-state index in [1.54, 1.807) is 0 Å². The monoisotopic (exact) mass is 514 g/mol. The third kappa shape index (κ3) is 2.42. The third-order valence-corrected chi connectivity index (χ3v) is 7.80. The first-order chi connectivity index (χ1) is 6.00. The van der Waals surface area contributed by atoms with Crippen LogP contribution in [0, 0.1) is 0 Å². The molecule has 13 heavy (non-hydrogen) atoms. The SMILES string of the molecule is [SiH3]Oc1c(Br)c(Br)c(Br)c(Br)c1Br. The van der Waals surface area contributed by atoms with Crippen LogP contribution in [0.5, 0.6) is 5.75 Å². The van der Waals surface area contributed by atoms with Crippen molar-refractivity contribution in [3.8, 4) is 5.75 Å². The summed E-state index contributed by atoms with van der Waals surface area (Å²) in [5, 5.41) is 0. The van der Waals surface area contributed by atoms with Crippen LogP contribution in [-0.4, -0.2) is 10.5 Å². The third-order valence-electron chi connectivity index (χ3n) is 1.37. The van der Waals surface area contributed by atoms with E-state index in [1.807, 2.05) is 0 Å². The first-order valence-electron chi connectivity index (χ1n) is 3.06. The Hall–Kier alpha value is 1.64. The zero-order valence-corrected chi connectivity index (χ0v) is 16.2. The Morgan fingerprint density at radius 2 is 1.00 bits per heavy atom. The van der Waals surface area contributed by atoms with Gasteiger partial charge >= 0.3 is 0 Å². The summed E-state index contributed by atoms with van der Waals surface area (Å²) < 4.78 is 10.00. The van der Waals surface area contributed by atoms with Gasteiger partial charge in [0.05, 0.1) is 17.9 Å². The Morgan fingerprint density at radius 3 is 1.31 bits per heavy atom. The maximum Gasteiger partial charge on any atom is 0.204 e. The molecule has 7 heteroatoms. The van der Waals surface area contributed by atoms with Gasteiger partial charge in [0, 0.05) is 4.47 Å². The minimum absolute atomic E-state index is 0.651. The number of hydrogen-bond donors (Lipinski definition) is 0. The van der Waals surface area contributed by atoms with Crippen LogP contribution >= 0.6 is 79.6 Å². The fourth-order valence-electron chi connectivity index (χ4n) is 0.764. The Labute approximate surface area is 121 Å². The molecule has 0 spiro atoms. The van der Waals surface area contributed by atoms with Crippen LogP contribution in [0.4, 0.5) is 0 Å². The van der Waals surface area contributed by atoms with Crippen LogP contribution in [0.15, 0.2) is 22.4 Å². The number of benzene rings is 1. The van der Waals surface area contributed by atoms with Crippen molar-refractivity contribution in [1.29, 1.82) is 0 Å². The molecule has 72 valence electrons. The summed E-state index contributed by atoms with van der Waals surface area (Å²) in [5.41, 5.74) is 0. The molecule has 0 heterocycles. The molecule has 1 aromatic carbocycles. The van der Waals surface area contributed by atoms with E-state index in [0.29, 0.717) is 10.5 Å². The topological polar surface area (TPSA) is 9.23 Å². The van der Waals surface area contributed by atoms with E-state index in [2.05, 4.69) is 79.6 Å². The predicted molar refractivity (Wildman–Crippen MR) is 75.5 cm³/mol. The van der Waals surface area contributed by atoms with Crippen molar-refractivity contribution < 1.29 is 4.43 Å². The first-order valence-corrected chi connectivity index (χ1v) is 7.84. The molecule has 0 aliphatic carbocycles. The van der Waals surface area contributed by atoms with E-state index in [1.165, 1.54) is 0 Å². The van der Waals surface area contributed by atoms with Gasteiger partial charge in [0.1, 0.15) is 5.75 Å². The van der Waals surface area contributed by atoms with Gasteiger partial charge in [-0.05, 0) is 79.6 Å². The van der Waals surface area contributed by atoms with Crippen molar-refractivity contribution >= 4 is 90.1 Å². The van der Waals surface area contributed by atoms with Gasteiger partial charge in [-0.1, -0.05) is 0 Å². The summed E-state index contributed by atoms with van der Waals surface area (Å²) in [6, 6.07) is 0. The van der Waals surface area contributed by atoms with E-state index < -0.39 is 0 Å². The van der Waals surface area contributed by atoms with Crippen LogP contribution in [0.25, 0.3) is 0 Å². The second kappa shape index (κ2) is 5.11. The molecule has 0 N–H and O–H groups in total. The van der Waals surface area contributed by atoms with Gasteiger partial charge in [0.25, 0.3) is 0 Å². The zero-order chi connectivity index (χ0) is 10.2. The second-order valence-electron chi connectivity index (χ2n) is 2.10. The molecule has 0 aliphatic heterocycles. The van der Waals surface area contributed by atoms with Gasteiger partial charge in [-0.25, -0.2) is 0 Å². The molecule has 0 radical (unpaired) electrons. The van der Waals surface area contributed by atoms with Crippen LogP contribution in [-0.2, 0) is 0 Å². The highest BCUT2D eigenvalue weighted by molar-refractivity contribution is 9.15. The van der Waals surface area contributed by atoms with Gasteiger partial charge < -0.3 is 4.43 Å². The molecule has 1 rings (SSSR count). The molecule has 0 aromatic heterocycles. The Balaban J connectivity index is 3.56. The van der Waals surface area contributed by atoms with Crippen LogP contribution in [0.1, 0.15) is 0 Å². The van der Waals surface area contributed by atoms with Crippen LogP contribution in [0.2, 0.25) is 0 Å². The maximum atomic E-state index is 5.36. The number of halogens is 5. The van der Waals surface area contributed by atoms with Gasteiger partial charge in [-0.2, -0.15) is 0 Å². The van der Waals surface area contributed by atoms with E-state index >= 15 is 0 Å². The van der Waals surface area contributed by atoms with Gasteiger partial charge in [0.15, 0.2) is 0 Å². The van der Waals surface area contributed by atoms with Crippen molar-refractivity contribution in [1.82, 2.24) is 0 Å². The largest absolute Gasteiger partial charge is 0.552 e. The highest BCUT2D eigenvalue weighted by atomic mass is 79.9. The minimum atomic E-state index is 0.651. The molecular weight excluding hydrogens is 516 g/mol. The van der Waals surface area contributed by atoms with Crippen LogP contribution < -0.4 is 4.43 Å². The average Bonchev–Trinajstić information content (AvgIpc) is 2.13. The summed E-state index contributed by atoms with van der Waals surface area (Å²) in [4.78, 5) is 0. The molecule has 0 unspecified atom stereocenters. The van der Waals surface area contributed by atoms with E-state index in [9.17, 15) is 0 Å². The summed E-state index contributed by atoms with van der Waals surface area (Å²) in [6.45, 7) is 0. The molecule has 0 bridgehead atoms. The Bertz CT molecular complexity index is 324. The van der Waals surface area contributed by atoms with Crippen molar-refractivity contribution in [3.05, 3.63) is 22.4 Å². The first kappa shape index (κ1) is 12.7. The zero-order valence-electron chi connectivity index (χ0n) is 6.30. The summed E-state index contributed by atoms with van der Waals surface area (Å²) >= 11 is 17.2. The average molecular weight is 519 g/mol. The fourth-order valence-corrected chi connectivity index (χ4v) is 5.10. The van der Waals surface area contributed by atoms with Gasteiger partial charge in [-0.15, -0.1) is 0 Å².